The van der Waals surface area contributed by atoms with Gasteiger partial charge >= 0.3 is 0 Å². The molecular weight excluding hydrogens is 136 g/mol. The summed E-state index contributed by atoms with van der Waals surface area (Å²) in [6.45, 7) is 2.56. The van der Waals surface area contributed by atoms with Gasteiger partial charge in [-0.05, 0) is 43.9 Å². The smallest absolute Gasteiger partial charge is 0.0462 e. The van der Waals surface area contributed by atoms with Gasteiger partial charge in [0.05, 0.1) is 0 Å². The van der Waals surface area contributed by atoms with E-state index in [-0.39, 0.29) is 0 Å². The van der Waals surface area contributed by atoms with E-state index in [0.717, 1.165) is 11.8 Å². The average molecular weight is 152 g/mol. The van der Waals surface area contributed by atoms with E-state index in [1.807, 2.05) is 0 Å². The molecule has 0 saturated heterocycles. The molecule has 0 spiro atoms. The van der Waals surface area contributed by atoms with E-state index in [1.54, 1.807) is 5.57 Å². The Labute approximate surface area is 68.1 Å². The van der Waals surface area contributed by atoms with Crippen LogP contribution in [0.15, 0.2) is 11.6 Å². The van der Waals surface area contributed by atoms with Gasteiger partial charge in [0.15, 0.2) is 0 Å². The fourth-order valence-corrected chi connectivity index (χ4v) is 2.81. The highest BCUT2D eigenvalue weighted by Crippen LogP contribution is 2.51. The third-order valence-corrected chi connectivity index (χ3v) is 3.47. The van der Waals surface area contributed by atoms with Crippen molar-refractivity contribution in [3.8, 4) is 0 Å². The Balaban J connectivity index is 2.08. The molecular formula is C10H16O. The highest BCUT2D eigenvalue weighted by molar-refractivity contribution is 5.17. The molecule has 0 aromatic heterocycles. The maximum absolute atomic E-state index is 9.03. The first-order chi connectivity index (χ1) is 5.35. The van der Waals surface area contributed by atoms with Crippen LogP contribution in [0.4, 0.5) is 0 Å². The first-order valence-electron chi connectivity index (χ1n) is 4.61. The molecule has 1 nitrogen and oxygen atoms in total. The van der Waals surface area contributed by atoms with E-state index < -0.39 is 0 Å². The molecule has 0 heterocycles. The number of aliphatic hydroxyl groups is 1. The second-order valence-corrected chi connectivity index (χ2v) is 3.94. The lowest BCUT2D eigenvalue weighted by Gasteiger charge is -2.20. The van der Waals surface area contributed by atoms with Crippen molar-refractivity contribution in [3.05, 3.63) is 11.6 Å². The van der Waals surface area contributed by atoms with Gasteiger partial charge in [-0.1, -0.05) is 11.6 Å². The number of rotatable bonds is 1. The summed E-state index contributed by atoms with van der Waals surface area (Å²) in [5, 5.41) is 9.03. The summed E-state index contributed by atoms with van der Waals surface area (Å²) in [7, 11) is 0. The molecule has 2 rings (SSSR count). The van der Waals surface area contributed by atoms with Crippen LogP contribution in [0.1, 0.15) is 26.2 Å². The highest BCUT2D eigenvalue weighted by Gasteiger charge is 2.41. The van der Waals surface area contributed by atoms with Crippen molar-refractivity contribution in [2.75, 3.05) is 6.61 Å². The predicted octanol–water partition coefficient (Wildman–Crippen LogP) is 1.97. The van der Waals surface area contributed by atoms with E-state index in [0.29, 0.717) is 12.5 Å². The quantitative estimate of drug-likeness (QED) is 0.569. The van der Waals surface area contributed by atoms with Gasteiger partial charge in [-0.25, -0.2) is 0 Å². The number of allylic oxidation sites excluding steroid dienone is 2. The normalized spacial score (nSPS) is 45.6. The van der Waals surface area contributed by atoms with Crippen LogP contribution in [-0.2, 0) is 0 Å². The summed E-state index contributed by atoms with van der Waals surface area (Å²) in [4.78, 5) is 0. The number of hydrogen-bond acceptors (Lipinski definition) is 1. The van der Waals surface area contributed by atoms with Gasteiger partial charge < -0.3 is 5.11 Å². The zero-order chi connectivity index (χ0) is 7.84. The van der Waals surface area contributed by atoms with Gasteiger partial charge in [-0.15, -0.1) is 0 Å². The molecule has 2 aliphatic rings. The minimum absolute atomic E-state index is 0.415. The fourth-order valence-electron chi connectivity index (χ4n) is 2.81. The summed E-state index contributed by atoms with van der Waals surface area (Å²) in [5.74, 6) is 2.28. The van der Waals surface area contributed by atoms with Crippen LogP contribution in [-0.4, -0.2) is 11.7 Å². The second kappa shape index (κ2) is 2.63. The SMILES string of the molecule is CC=C1C[C@@H]2C[C@H]1CC2CO. The lowest BCUT2D eigenvalue weighted by atomic mass is 9.86. The topological polar surface area (TPSA) is 20.2 Å². The molecule has 2 aliphatic carbocycles. The Hall–Kier alpha value is -0.300. The van der Waals surface area contributed by atoms with Gasteiger partial charge in [0.2, 0.25) is 0 Å². The minimum Gasteiger partial charge on any atom is -0.396 e. The maximum Gasteiger partial charge on any atom is 0.0462 e. The van der Waals surface area contributed by atoms with Gasteiger partial charge in [-0.3, -0.25) is 0 Å². The molecule has 3 atom stereocenters. The first-order valence-corrected chi connectivity index (χ1v) is 4.61. The van der Waals surface area contributed by atoms with Crippen molar-refractivity contribution in [1.82, 2.24) is 0 Å². The lowest BCUT2D eigenvalue weighted by molar-refractivity contribution is 0.187. The molecule has 1 unspecified atom stereocenters. The van der Waals surface area contributed by atoms with Crippen LogP contribution in [0, 0.1) is 17.8 Å². The second-order valence-electron chi connectivity index (χ2n) is 3.94. The summed E-state index contributed by atoms with van der Waals surface area (Å²) in [6.07, 6.45) is 6.15. The minimum atomic E-state index is 0.415. The third-order valence-electron chi connectivity index (χ3n) is 3.47. The van der Waals surface area contributed by atoms with Crippen LogP contribution in [0.3, 0.4) is 0 Å². The standard InChI is InChI=1S/C10H16O/c1-2-7-3-9-4-8(7)5-10(9)6-11/h2,8-11H,3-6H2,1H3/t8-,9+,10?/m0/s1. The van der Waals surface area contributed by atoms with E-state index in [2.05, 4.69) is 13.0 Å². The van der Waals surface area contributed by atoms with Crippen molar-refractivity contribution in [1.29, 1.82) is 0 Å². The van der Waals surface area contributed by atoms with Crippen LogP contribution in [0.2, 0.25) is 0 Å². The molecule has 1 N–H and O–H groups in total. The lowest BCUT2D eigenvalue weighted by Crippen LogP contribution is -2.15. The van der Waals surface area contributed by atoms with Gasteiger partial charge in [-0.2, -0.15) is 0 Å². The molecule has 0 aliphatic heterocycles. The Morgan fingerprint density at radius 3 is 2.82 bits per heavy atom. The van der Waals surface area contributed by atoms with E-state index in [9.17, 15) is 0 Å². The highest BCUT2D eigenvalue weighted by atomic mass is 16.3. The molecule has 62 valence electrons. The maximum atomic E-state index is 9.03. The Bertz CT molecular complexity index is 183. The molecule has 1 heteroatoms. The Morgan fingerprint density at radius 2 is 2.36 bits per heavy atom. The molecule has 2 saturated carbocycles. The van der Waals surface area contributed by atoms with E-state index in [4.69, 9.17) is 5.11 Å². The summed E-state index contributed by atoms with van der Waals surface area (Å²) >= 11 is 0. The van der Waals surface area contributed by atoms with Crippen molar-refractivity contribution < 1.29 is 5.11 Å². The molecule has 0 radical (unpaired) electrons. The zero-order valence-corrected chi connectivity index (χ0v) is 7.09. The van der Waals surface area contributed by atoms with Crippen LogP contribution < -0.4 is 0 Å². The van der Waals surface area contributed by atoms with E-state index in [1.165, 1.54) is 19.3 Å². The number of hydrogen-bond donors (Lipinski definition) is 1. The third kappa shape index (κ3) is 1.02. The summed E-state index contributed by atoms with van der Waals surface area (Å²) in [5.41, 5.74) is 1.65. The number of fused-ring (bicyclic) bond motifs is 2. The summed E-state index contributed by atoms with van der Waals surface area (Å²) in [6, 6.07) is 0. The molecule has 0 amide bonds. The zero-order valence-electron chi connectivity index (χ0n) is 7.09. The van der Waals surface area contributed by atoms with Gasteiger partial charge in [0.25, 0.3) is 0 Å². The van der Waals surface area contributed by atoms with Gasteiger partial charge in [0.1, 0.15) is 0 Å². The molecule has 11 heavy (non-hydrogen) atoms. The Kier molecular flexibility index (Phi) is 1.76. The van der Waals surface area contributed by atoms with Crippen molar-refractivity contribution in [2.45, 2.75) is 26.2 Å². The van der Waals surface area contributed by atoms with Crippen LogP contribution in [0.5, 0.6) is 0 Å². The molecule has 0 aromatic rings. The van der Waals surface area contributed by atoms with E-state index >= 15 is 0 Å². The number of aliphatic hydroxyl groups excluding tert-OH is 1. The van der Waals surface area contributed by atoms with Crippen molar-refractivity contribution >= 4 is 0 Å². The monoisotopic (exact) mass is 152 g/mol. The molecule has 0 aromatic carbocycles. The van der Waals surface area contributed by atoms with Crippen molar-refractivity contribution in [2.24, 2.45) is 17.8 Å². The average Bonchev–Trinajstić information content (AvgIpc) is 2.60. The predicted molar refractivity (Wildman–Crippen MR) is 45.2 cm³/mol. The first kappa shape index (κ1) is 7.35. The van der Waals surface area contributed by atoms with Crippen LogP contribution in [0.25, 0.3) is 0 Å². The van der Waals surface area contributed by atoms with Crippen LogP contribution >= 0.6 is 0 Å². The summed E-state index contributed by atoms with van der Waals surface area (Å²) < 4.78 is 0. The Morgan fingerprint density at radius 1 is 1.55 bits per heavy atom. The van der Waals surface area contributed by atoms with Gasteiger partial charge in [0, 0.05) is 6.61 Å². The van der Waals surface area contributed by atoms with Crippen molar-refractivity contribution in [3.63, 3.8) is 0 Å². The fraction of sp³-hybridized carbons (Fsp3) is 0.800. The molecule has 2 bridgehead atoms. The molecule has 2 fully saturated rings. The largest absolute Gasteiger partial charge is 0.396 e.